The van der Waals surface area contributed by atoms with E-state index in [1.807, 2.05) is 24.6 Å². The van der Waals surface area contributed by atoms with E-state index in [1.54, 1.807) is 30.3 Å². The van der Waals surface area contributed by atoms with Crippen LogP contribution in [0.2, 0.25) is 5.02 Å². The molecule has 0 bridgehead atoms. The number of ketones is 1. The van der Waals surface area contributed by atoms with Gasteiger partial charge in [-0.05, 0) is 48.9 Å². The van der Waals surface area contributed by atoms with Crippen molar-refractivity contribution in [2.75, 3.05) is 6.61 Å². The number of ether oxygens (including phenoxy) is 1. The van der Waals surface area contributed by atoms with Crippen LogP contribution in [0, 0.1) is 6.92 Å². The third kappa shape index (κ3) is 4.86. The van der Waals surface area contributed by atoms with Crippen LogP contribution in [0.25, 0.3) is 0 Å². The lowest BCUT2D eigenvalue weighted by Crippen LogP contribution is -2.25. The molecule has 0 atom stereocenters. The Morgan fingerprint density at radius 1 is 1.13 bits per heavy atom. The summed E-state index contributed by atoms with van der Waals surface area (Å²) in [5.41, 5.74) is 3.30. The molecule has 8 heteroatoms. The zero-order valence-electron chi connectivity index (χ0n) is 17.0. The lowest BCUT2D eigenvalue weighted by Gasteiger charge is -2.10. The topological polar surface area (TPSA) is 83.2 Å². The number of carbonyl (C=O) groups excluding carboxylic acids is 2. The van der Waals surface area contributed by atoms with Gasteiger partial charge in [0.15, 0.2) is 0 Å². The number of carbonyl (C=O) groups is 2. The molecule has 0 aliphatic carbocycles. The molecular weight excluding hydrogens is 406 g/mol. The number of hydrogen-bond acceptors (Lipinski definition) is 5. The normalized spacial score (nSPS) is 10.8. The molecular formula is C22H22ClN3O4. The van der Waals surface area contributed by atoms with Gasteiger partial charge in [0.05, 0.1) is 17.9 Å². The molecule has 1 aromatic carbocycles. The maximum absolute atomic E-state index is 13.0. The number of esters is 1. The van der Waals surface area contributed by atoms with E-state index in [1.165, 1.54) is 17.7 Å². The summed E-state index contributed by atoms with van der Waals surface area (Å²) in [6, 6.07) is 11.8. The highest BCUT2D eigenvalue weighted by Gasteiger charge is 2.19. The van der Waals surface area contributed by atoms with Gasteiger partial charge in [0.1, 0.15) is 6.61 Å². The molecule has 0 N–H and O–H groups in total. The fraction of sp³-hybridized carbons (Fsp3) is 0.273. The summed E-state index contributed by atoms with van der Waals surface area (Å²) in [5, 5.41) is 4.93. The van der Waals surface area contributed by atoms with Crippen LogP contribution >= 0.6 is 11.6 Å². The van der Waals surface area contributed by atoms with Crippen molar-refractivity contribution in [1.29, 1.82) is 0 Å². The zero-order valence-corrected chi connectivity index (χ0v) is 17.8. The van der Waals surface area contributed by atoms with Crippen molar-refractivity contribution < 1.29 is 14.3 Å². The van der Waals surface area contributed by atoms with E-state index in [9.17, 15) is 14.4 Å². The van der Waals surface area contributed by atoms with E-state index < -0.39 is 5.97 Å². The molecule has 0 radical (unpaired) electrons. The van der Waals surface area contributed by atoms with Crippen molar-refractivity contribution in [3.05, 3.63) is 86.0 Å². The molecule has 30 heavy (non-hydrogen) atoms. The molecule has 7 nitrogen and oxygen atoms in total. The Kier molecular flexibility index (Phi) is 6.52. The Morgan fingerprint density at radius 3 is 2.50 bits per heavy atom. The van der Waals surface area contributed by atoms with E-state index in [2.05, 4.69) is 5.10 Å². The molecule has 3 aromatic rings. The van der Waals surface area contributed by atoms with E-state index in [-0.39, 0.29) is 24.5 Å². The second-order valence-corrected chi connectivity index (χ2v) is 7.40. The van der Waals surface area contributed by atoms with Gasteiger partial charge < -0.3 is 9.30 Å². The smallest absolute Gasteiger partial charge is 0.302 e. The molecule has 0 fully saturated rings. The molecule has 0 saturated carbocycles. The van der Waals surface area contributed by atoms with Crippen LogP contribution in [0.5, 0.6) is 0 Å². The van der Waals surface area contributed by atoms with Crippen molar-refractivity contribution in [1.82, 2.24) is 14.3 Å². The van der Waals surface area contributed by atoms with Gasteiger partial charge in [0, 0.05) is 42.7 Å². The summed E-state index contributed by atoms with van der Waals surface area (Å²) in [7, 11) is 1.84. The molecule has 0 saturated heterocycles. The molecule has 0 spiro atoms. The van der Waals surface area contributed by atoms with E-state index >= 15 is 0 Å². The number of aryl methyl sites for hydroxylation is 1. The van der Waals surface area contributed by atoms with Crippen molar-refractivity contribution in [2.24, 2.45) is 7.05 Å². The van der Waals surface area contributed by atoms with Crippen LogP contribution in [0.1, 0.15) is 39.9 Å². The van der Waals surface area contributed by atoms with E-state index in [0.29, 0.717) is 28.4 Å². The monoisotopic (exact) mass is 427 g/mol. The summed E-state index contributed by atoms with van der Waals surface area (Å²) in [6.45, 7) is 3.46. The lowest BCUT2D eigenvalue weighted by molar-refractivity contribution is -0.141. The third-order valence-electron chi connectivity index (χ3n) is 4.74. The Balaban J connectivity index is 1.83. The SMILES string of the molecule is CC(=O)OCCn1nc(Cc2cc(C)c(C(=O)c3ccc(Cl)cc3)n2C)ccc1=O. The molecule has 0 aliphatic heterocycles. The number of halogens is 1. The van der Waals surface area contributed by atoms with Crippen molar-refractivity contribution >= 4 is 23.4 Å². The lowest BCUT2D eigenvalue weighted by atomic mass is 10.1. The number of benzene rings is 1. The van der Waals surface area contributed by atoms with Crippen LogP contribution in [-0.2, 0) is 29.5 Å². The largest absolute Gasteiger partial charge is 0.464 e. The predicted molar refractivity (Wildman–Crippen MR) is 113 cm³/mol. The van der Waals surface area contributed by atoms with Gasteiger partial charge in [-0.2, -0.15) is 5.10 Å². The summed E-state index contributed by atoms with van der Waals surface area (Å²) in [6.07, 6.45) is 0.444. The maximum Gasteiger partial charge on any atom is 0.302 e. The first-order valence-electron chi connectivity index (χ1n) is 9.42. The first-order valence-corrected chi connectivity index (χ1v) is 9.80. The molecule has 156 valence electrons. The highest BCUT2D eigenvalue weighted by molar-refractivity contribution is 6.30. The van der Waals surface area contributed by atoms with Crippen LogP contribution in [0.4, 0.5) is 0 Å². The average molecular weight is 428 g/mol. The van der Waals surface area contributed by atoms with Gasteiger partial charge in [-0.25, -0.2) is 4.68 Å². The standard InChI is InChI=1S/C22H22ClN3O4/c1-14-12-19(25(3)21(14)22(29)16-4-6-17(23)7-5-16)13-18-8-9-20(28)26(24-18)10-11-30-15(2)27/h4-9,12H,10-11,13H2,1-3H3. The van der Waals surface area contributed by atoms with E-state index in [0.717, 1.165) is 11.3 Å². The Bertz CT molecular complexity index is 1150. The molecule has 0 amide bonds. The van der Waals surface area contributed by atoms with Crippen LogP contribution in [0.15, 0.2) is 47.3 Å². The minimum Gasteiger partial charge on any atom is -0.464 e. The predicted octanol–water partition coefficient (Wildman–Crippen LogP) is 2.93. The number of hydrogen-bond donors (Lipinski definition) is 0. The van der Waals surface area contributed by atoms with Crippen molar-refractivity contribution in [3.63, 3.8) is 0 Å². The average Bonchev–Trinajstić information content (AvgIpc) is 2.97. The summed E-state index contributed by atoms with van der Waals surface area (Å²) < 4.78 is 8.01. The van der Waals surface area contributed by atoms with E-state index in [4.69, 9.17) is 16.3 Å². The van der Waals surface area contributed by atoms with Crippen molar-refractivity contribution in [2.45, 2.75) is 26.8 Å². The van der Waals surface area contributed by atoms with Gasteiger partial charge in [0.2, 0.25) is 5.78 Å². The van der Waals surface area contributed by atoms with Crippen molar-refractivity contribution in [3.8, 4) is 0 Å². The maximum atomic E-state index is 13.0. The second-order valence-electron chi connectivity index (χ2n) is 6.97. The Labute approximate surface area is 178 Å². The first-order chi connectivity index (χ1) is 14.3. The minimum atomic E-state index is -0.406. The van der Waals surface area contributed by atoms with Crippen LogP contribution in [0.3, 0.4) is 0 Å². The summed E-state index contributed by atoms with van der Waals surface area (Å²) >= 11 is 5.92. The summed E-state index contributed by atoms with van der Waals surface area (Å²) in [4.78, 5) is 35.9. The fourth-order valence-corrected chi connectivity index (χ4v) is 3.40. The second kappa shape index (κ2) is 9.09. The zero-order chi connectivity index (χ0) is 21.8. The van der Waals surface area contributed by atoms with Gasteiger partial charge in [0.25, 0.3) is 5.56 Å². The molecule has 0 aliphatic rings. The van der Waals surface area contributed by atoms with Gasteiger partial charge in [-0.1, -0.05) is 11.6 Å². The van der Waals surface area contributed by atoms with Gasteiger partial charge in [-0.15, -0.1) is 0 Å². The highest BCUT2D eigenvalue weighted by atomic mass is 35.5. The number of rotatable bonds is 7. The Hall–Kier alpha value is -3.19. The molecule has 0 unspecified atom stereocenters. The summed E-state index contributed by atoms with van der Waals surface area (Å²) in [5.74, 6) is -0.492. The fourth-order valence-electron chi connectivity index (χ4n) is 3.27. The van der Waals surface area contributed by atoms with Crippen LogP contribution in [-0.4, -0.2) is 32.7 Å². The molecule has 3 rings (SSSR count). The molecule has 2 aromatic heterocycles. The minimum absolute atomic E-state index is 0.0781. The quantitative estimate of drug-likeness (QED) is 0.427. The van der Waals surface area contributed by atoms with Gasteiger partial charge >= 0.3 is 5.97 Å². The van der Waals surface area contributed by atoms with Crippen LogP contribution < -0.4 is 5.56 Å². The van der Waals surface area contributed by atoms with Gasteiger partial charge in [-0.3, -0.25) is 14.4 Å². The Morgan fingerprint density at radius 2 is 1.83 bits per heavy atom. The molecule has 2 heterocycles. The third-order valence-corrected chi connectivity index (χ3v) is 4.99. The number of aromatic nitrogens is 3. The highest BCUT2D eigenvalue weighted by Crippen LogP contribution is 2.21. The number of nitrogens with zero attached hydrogens (tertiary/aromatic N) is 3. The first kappa shape index (κ1) is 21.5.